The molecule has 1 saturated carbocycles. The van der Waals surface area contributed by atoms with E-state index in [1.165, 1.54) is 0 Å². The Morgan fingerprint density at radius 3 is 0.500 bits per heavy atom. The van der Waals surface area contributed by atoms with Crippen LogP contribution in [0.15, 0.2) is 0 Å². The molecule has 0 heterocycles. The summed E-state index contributed by atoms with van der Waals surface area (Å²) < 4.78 is 0. The standard InChI is InChI=1S/C6H12O6/c7-1-2(8)4(10)6(12)5(11)3(1)9/h1-12H/t1-,2-,3?,4?,5?,6?/m1/s1. The largest absolute Gasteiger partial charge is 0.387 e. The van der Waals surface area contributed by atoms with Crippen LogP contribution in [0.4, 0.5) is 0 Å². The Hall–Kier alpha value is -0.240. The third-order valence-corrected chi connectivity index (χ3v) is 2.10. The van der Waals surface area contributed by atoms with E-state index in [9.17, 15) is 0 Å². The first kappa shape index (κ1) is 9.85. The summed E-state index contributed by atoms with van der Waals surface area (Å²) in [5.74, 6) is 0. The molecule has 6 nitrogen and oxygen atoms in total. The molecule has 1 aliphatic rings. The average molecular weight is 180 g/mol. The molecule has 0 amide bonds. The van der Waals surface area contributed by atoms with Gasteiger partial charge in [0, 0.05) is 0 Å². The van der Waals surface area contributed by atoms with Crippen LogP contribution in [0.3, 0.4) is 0 Å². The van der Waals surface area contributed by atoms with Crippen molar-refractivity contribution in [3.8, 4) is 0 Å². The minimum absolute atomic E-state index is 1.64. The van der Waals surface area contributed by atoms with Crippen LogP contribution in [0.25, 0.3) is 0 Å². The van der Waals surface area contributed by atoms with Gasteiger partial charge in [0.1, 0.15) is 36.6 Å². The summed E-state index contributed by atoms with van der Waals surface area (Å²) in [5, 5.41) is 53.8. The Kier molecular flexibility index (Phi) is 2.67. The summed E-state index contributed by atoms with van der Waals surface area (Å²) in [4.78, 5) is 0. The van der Waals surface area contributed by atoms with Gasteiger partial charge in [0.2, 0.25) is 0 Å². The van der Waals surface area contributed by atoms with Gasteiger partial charge in [-0.05, 0) is 0 Å². The lowest BCUT2D eigenvalue weighted by molar-refractivity contribution is -0.223. The zero-order chi connectivity index (χ0) is 9.46. The van der Waals surface area contributed by atoms with Crippen LogP contribution in [-0.4, -0.2) is 67.3 Å². The maximum Gasteiger partial charge on any atom is 0.111 e. The quantitative estimate of drug-likeness (QED) is 0.227. The summed E-state index contributed by atoms with van der Waals surface area (Å²) in [6.07, 6.45) is -9.84. The molecule has 0 spiro atoms. The van der Waals surface area contributed by atoms with E-state index in [4.69, 9.17) is 30.6 Å². The minimum Gasteiger partial charge on any atom is -0.387 e. The lowest BCUT2D eigenvalue weighted by Gasteiger charge is -2.39. The smallest absolute Gasteiger partial charge is 0.111 e. The summed E-state index contributed by atoms with van der Waals surface area (Å²) in [7, 11) is 0. The van der Waals surface area contributed by atoms with Crippen LogP contribution in [0, 0.1) is 0 Å². The molecule has 0 saturated heterocycles. The molecule has 0 unspecified atom stereocenters. The fraction of sp³-hybridized carbons (Fsp3) is 1.00. The highest BCUT2D eigenvalue weighted by Crippen LogP contribution is 2.20. The Labute approximate surface area is 68.3 Å². The van der Waals surface area contributed by atoms with Crippen LogP contribution >= 0.6 is 0 Å². The SMILES string of the molecule is OC1C(O)C(O)[C@H](O)[C@@H](O)C1O. The predicted molar refractivity (Wildman–Crippen MR) is 36.0 cm³/mol. The third-order valence-electron chi connectivity index (χ3n) is 2.10. The molecular formula is C6H12O6. The highest BCUT2D eigenvalue weighted by atomic mass is 16.4. The lowest BCUT2D eigenvalue weighted by atomic mass is 9.85. The van der Waals surface area contributed by atoms with Crippen molar-refractivity contribution in [2.75, 3.05) is 0 Å². The second kappa shape index (κ2) is 3.25. The number of hydrogen-bond donors (Lipinski definition) is 6. The number of rotatable bonds is 0. The van der Waals surface area contributed by atoms with E-state index in [0.717, 1.165) is 0 Å². The van der Waals surface area contributed by atoms with Crippen molar-refractivity contribution in [2.45, 2.75) is 36.6 Å². The first-order valence-corrected chi connectivity index (χ1v) is 3.55. The lowest BCUT2D eigenvalue weighted by Crippen LogP contribution is -2.63. The maximum atomic E-state index is 8.97. The van der Waals surface area contributed by atoms with E-state index in [2.05, 4.69) is 0 Å². The van der Waals surface area contributed by atoms with Crippen molar-refractivity contribution in [1.29, 1.82) is 0 Å². The Morgan fingerprint density at radius 1 is 0.333 bits per heavy atom. The highest BCUT2D eigenvalue weighted by molar-refractivity contribution is 4.98. The maximum absolute atomic E-state index is 8.97. The van der Waals surface area contributed by atoms with Crippen molar-refractivity contribution in [2.24, 2.45) is 0 Å². The summed E-state index contributed by atoms with van der Waals surface area (Å²) in [6.45, 7) is 0. The Morgan fingerprint density at radius 2 is 0.417 bits per heavy atom. The van der Waals surface area contributed by atoms with Crippen LogP contribution < -0.4 is 0 Å². The van der Waals surface area contributed by atoms with E-state index in [0.29, 0.717) is 0 Å². The molecule has 1 aliphatic carbocycles. The van der Waals surface area contributed by atoms with Gasteiger partial charge in [-0.25, -0.2) is 0 Å². The van der Waals surface area contributed by atoms with E-state index >= 15 is 0 Å². The van der Waals surface area contributed by atoms with Crippen LogP contribution in [0.5, 0.6) is 0 Å². The zero-order valence-electron chi connectivity index (χ0n) is 6.15. The van der Waals surface area contributed by atoms with E-state index in [1.54, 1.807) is 0 Å². The van der Waals surface area contributed by atoms with Gasteiger partial charge in [-0.2, -0.15) is 0 Å². The molecule has 12 heavy (non-hydrogen) atoms. The first-order valence-electron chi connectivity index (χ1n) is 3.55. The summed E-state index contributed by atoms with van der Waals surface area (Å²) >= 11 is 0. The molecule has 0 aromatic rings. The van der Waals surface area contributed by atoms with Crippen molar-refractivity contribution >= 4 is 0 Å². The molecule has 6 N–H and O–H groups in total. The Balaban J connectivity index is 2.76. The fourth-order valence-corrected chi connectivity index (χ4v) is 1.21. The monoisotopic (exact) mass is 180 g/mol. The number of aliphatic hydroxyl groups is 6. The van der Waals surface area contributed by atoms with Crippen molar-refractivity contribution in [3.05, 3.63) is 0 Å². The van der Waals surface area contributed by atoms with Gasteiger partial charge >= 0.3 is 0 Å². The van der Waals surface area contributed by atoms with Gasteiger partial charge in [0.15, 0.2) is 0 Å². The van der Waals surface area contributed by atoms with Gasteiger partial charge < -0.3 is 30.6 Å². The van der Waals surface area contributed by atoms with Crippen molar-refractivity contribution < 1.29 is 30.6 Å². The molecule has 0 aromatic carbocycles. The van der Waals surface area contributed by atoms with E-state index in [-0.39, 0.29) is 0 Å². The minimum atomic E-state index is -1.64. The summed E-state index contributed by atoms with van der Waals surface area (Å²) in [6, 6.07) is 0. The molecule has 0 bridgehead atoms. The van der Waals surface area contributed by atoms with Crippen molar-refractivity contribution in [1.82, 2.24) is 0 Å². The number of aliphatic hydroxyl groups excluding tert-OH is 6. The van der Waals surface area contributed by atoms with Gasteiger partial charge in [0.25, 0.3) is 0 Å². The van der Waals surface area contributed by atoms with Gasteiger partial charge in [0.05, 0.1) is 0 Å². The summed E-state index contributed by atoms with van der Waals surface area (Å²) in [5.41, 5.74) is 0. The average Bonchev–Trinajstić information content (AvgIpc) is 2.08. The van der Waals surface area contributed by atoms with Crippen LogP contribution in [0.2, 0.25) is 0 Å². The molecule has 6 heteroatoms. The topological polar surface area (TPSA) is 121 Å². The van der Waals surface area contributed by atoms with E-state index in [1.807, 2.05) is 0 Å². The highest BCUT2D eigenvalue weighted by Gasteiger charge is 2.47. The van der Waals surface area contributed by atoms with Crippen molar-refractivity contribution in [3.63, 3.8) is 0 Å². The van der Waals surface area contributed by atoms with Gasteiger partial charge in [-0.15, -0.1) is 0 Å². The second-order valence-electron chi connectivity index (χ2n) is 2.94. The zero-order valence-corrected chi connectivity index (χ0v) is 6.15. The first-order chi connectivity index (χ1) is 5.46. The second-order valence-corrected chi connectivity index (χ2v) is 2.94. The molecule has 1 rings (SSSR count). The molecule has 0 radical (unpaired) electrons. The molecule has 0 atom stereocenters. The molecular weight excluding hydrogens is 168 g/mol. The van der Waals surface area contributed by atoms with Crippen LogP contribution in [0.1, 0.15) is 0 Å². The molecule has 72 valence electrons. The van der Waals surface area contributed by atoms with Crippen LogP contribution in [-0.2, 0) is 0 Å². The predicted octanol–water partition coefficient (Wildman–Crippen LogP) is -3.83. The van der Waals surface area contributed by atoms with E-state index < -0.39 is 36.6 Å². The van der Waals surface area contributed by atoms with Gasteiger partial charge in [-0.3, -0.25) is 0 Å². The molecule has 1 fully saturated rings. The number of hydrogen-bond acceptors (Lipinski definition) is 6. The normalized spacial score (nSPS) is 55.5. The fourth-order valence-electron chi connectivity index (χ4n) is 1.21. The Bertz CT molecular complexity index is 104. The molecule has 0 aromatic heterocycles. The molecule has 0 aliphatic heterocycles. The van der Waals surface area contributed by atoms with Gasteiger partial charge in [-0.1, -0.05) is 0 Å². The third kappa shape index (κ3) is 1.33.